The number of halogens is 1. The molecule has 1 aliphatic heterocycles. The molecule has 2 atom stereocenters. The third kappa shape index (κ3) is 1.98. The average Bonchev–Trinajstić information content (AvgIpc) is 1.83. The normalized spacial score (nSPS) is 38.2. The molecule has 1 N–H and O–H groups in total. The standard InChI is InChI=1S/C10H20FN/c1-9(2,3)8-5-6-12-7-10(8,4)11/h8,12H,5-7H2,1-4H3. The van der Waals surface area contributed by atoms with Gasteiger partial charge in [0.05, 0.1) is 0 Å². The molecule has 1 aliphatic rings. The van der Waals surface area contributed by atoms with Crippen LogP contribution in [0.1, 0.15) is 34.1 Å². The van der Waals surface area contributed by atoms with Crippen molar-refractivity contribution >= 4 is 0 Å². The van der Waals surface area contributed by atoms with E-state index in [1.807, 2.05) is 0 Å². The minimum absolute atomic E-state index is 0.0889. The fraction of sp³-hybridized carbons (Fsp3) is 1.00. The fourth-order valence-corrected chi connectivity index (χ4v) is 2.34. The van der Waals surface area contributed by atoms with E-state index in [-0.39, 0.29) is 11.3 Å². The minimum atomic E-state index is -1.03. The Labute approximate surface area is 74.7 Å². The predicted octanol–water partition coefficient (Wildman–Crippen LogP) is 2.37. The van der Waals surface area contributed by atoms with Crippen molar-refractivity contribution in [2.45, 2.75) is 39.8 Å². The van der Waals surface area contributed by atoms with Crippen LogP contribution in [0.2, 0.25) is 0 Å². The van der Waals surface area contributed by atoms with Gasteiger partial charge in [-0.05, 0) is 31.2 Å². The molecule has 1 saturated heterocycles. The zero-order valence-corrected chi connectivity index (χ0v) is 8.58. The largest absolute Gasteiger partial charge is 0.314 e. The van der Waals surface area contributed by atoms with Crippen molar-refractivity contribution in [2.24, 2.45) is 11.3 Å². The van der Waals surface area contributed by atoms with E-state index in [9.17, 15) is 4.39 Å². The molecule has 2 unspecified atom stereocenters. The van der Waals surface area contributed by atoms with E-state index in [1.165, 1.54) is 0 Å². The predicted molar refractivity (Wildman–Crippen MR) is 49.9 cm³/mol. The summed E-state index contributed by atoms with van der Waals surface area (Å²) >= 11 is 0. The smallest absolute Gasteiger partial charge is 0.124 e. The third-order valence-electron chi connectivity index (χ3n) is 2.85. The summed E-state index contributed by atoms with van der Waals surface area (Å²) in [5, 5.41) is 3.10. The molecule has 0 spiro atoms. The summed E-state index contributed by atoms with van der Waals surface area (Å²) < 4.78 is 14.0. The van der Waals surface area contributed by atoms with Crippen LogP contribution in [0.5, 0.6) is 0 Å². The summed E-state index contributed by atoms with van der Waals surface area (Å²) in [6, 6.07) is 0. The molecule has 0 aromatic carbocycles. The maximum atomic E-state index is 14.0. The van der Waals surface area contributed by atoms with E-state index in [1.54, 1.807) is 6.92 Å². The van der Waals surface area contributed by atoms with Gasteiger partial charge in [-0.15, -0.1) is 0 Å². The van der Waals surface area contributed by atoms with Gasteiger partial charge in [-0.25, -0.2) is 4.39 Å². The molecule has 72 valence electrons. The van der Waals surface area contributed by atoms with Gasteiger partial charge in [0.15, 0.2) is 0 Å². The second-order valence-corrected chi connectivity index (χ2v) is 5.16. The van der Waals surface area contributed by atoms with Crippen LogP contribution < -0.4 is 5.32 Å². The number of nitrogens with one attached hydrogen (secondary N) is 1. The first-order valence-electron chi connectivity index (χ1n) is 4.74. The van der Waals surface area contributed by atoms with Crippen molar-refractivity contribution in [3.8, 4) is 0 Å². The number of hydrogen-bond donors (Lipinski definition) is 1. The summed E-state index contributed by atoms with van der Waals surface area (Å²) in [4.78, 5) is 0. The Bertz CT molecular complexity index is 158. The highest BCUT2D eigenvalue weighted by Gasteiger charge is 2.43. The van der Waals surface area contributed by atoms with E-state index < -0.39 is 5.67 Å². The van der Waals surface area contributed by atoms with Crippen molar-refractivity contribution in [1.29, 1.82) is 0 Å². The molecular weight excluding hydrogens is 153 g/mol. The fourth-order valence-electron chi connectivity index (χ4n) is 2.34. The highest BCUT2D eigenvalue weighted by Crippen LogP contribution is 2.40. The Balaban J connectivity index is 2.73. The summed E-state index contributed by atoms with van der Waals surface area (Å²) in [6.07, 6.45) is 0.955. The summed E-state index contributed by atoms with van der Waals surface area (Å²) in [5.41, 5.74) is -0.942. The van der Waals surface area contributed by atoms with Crippen molar-refractivity contribution in [3.05, 3.63) is 0 Å². The maximum Gasteiger partial charge on any atom is 0.124 e. The number of hydrogen-bond acceptors (Lipinski definition) is 1. The van der Waals surface area contributed by atoms with Gasteiger partial charge in [-0.2, -0.15) is 0 Å². The van der Waals surface area contributed by atoms with Crippen molar-refractivity contribution < 1.29 is 4.39 Å². The van der Waals surface area contributed by atoms with Gasteiger partial charge in [0.2, 0.25) is 0 Å². The first-order valence-corrected chi connectivity index (χ1v) is 4.74. The highest BCUT2D eigenvalue weighted by molar-refractivity contribution is 4.94. The molecule has 0 aromatic rings. The first-order chi connectivity index (χ1) is 5.34. The second kappa shape index (κ2) is 2.99. The number of piperidine rings is 1. The van der Waals surface area contributed by atoms with Gasteiger partial charge >= 0.3 is 0 Å². The minimum Gasteiger partial charge on any atom is -0.314 e. The monoisotopic (exact) mass is 173 g/mol. The first kappa shape index (κ1) is 9.97. The summed E-state index contributed by atoms with van der Waals surface area (Å²) in [7, 11) is 0. The molecular formula is C10H20FN. The Hall–Kier alpha value is -0.110. The topological polar surface area (TPSA) is 12.0 Å². The van der Waals surface area contributed by atoms with Gasteiger partial charge in [0.25, 0.3) is 0 Å². The maximum absolute atomic E-state index is 14.0. The molecule has 0 bridgehead atoms. The van der Waals surface area contributed by atoms with Crippen LogP contribution in [-0.4, -0.2) is 18.8 Å². The van der Waals surface area contributed by atoms with Crippen LogP contribution in [0.15, 0.2) is 0 Å². The lowest BCUT2D eigenvalue weighted by molar-refractivity contribution is 0.00372. The molecule has 1 fully saturated rings. The van der Waals surface area contributed by atoms with Gasteiger partial charge in [-0.1, -0.05) is 20.8 Å². The average molecular weight is 173 g/mol. The SMILES string of the molecule is CC(C)(C)C1CCNCC1(C)F. The zero-order chi connectivity index (χ0) is 9.41. The van der Waals surface area contributed by atoms with Crippen LogP contribution in [0, 0.1) is 11.3 Å². The molecule has 12 heavy (non-hydrogen) atoms. The Morgan fingerprint density at radius 2 is 2.00 bits per heavy atom. The lowest BCUT2D eigenvalue weighted by atomic mass is 9.69. The molecule has 1 heterocycles. The lowest BCUT2D eigenvalue weighted by Crippen LogP contribution is -2.51. The van der Waals surface area contributed by atoms with Crippen LogP contribution >= 0.6 is 0 Å². The molecule has 2 heteroatoms. The zero-order valence-electron chi connectivity index (χ0n) is 8.58. The molecule has 1 nitrogen and oxygen atoms in total. The van der Waals surface area contributed by atoms with Gasteiger partial charge in [0.1, 0.15) is 5.67 Å². The molecule has 0 aromatic heterocycles. The molecule has 0 saturated carbocycles. The quantitative estimate of drug-likeness (QED) is 0.593. The van der Waals surface area contributed by atoms with E-state index in [0.717, 1.165) is 13.0 Å². The number of rotatable bonds is 0. The number of alkyl halides is 1. The van der Waals surface area contributed by atoms with Crippen molar-refractivity contribution in [3.63, 3.8) is 0 Å². The van der Waals surface area contributed by atoms with E-state index in [2.05, 4.69) is 26.1 Å². The van der Waals surface area contributed by atoms with E-state index in [0.29, 0.717) is 6.54 Å². The Kier molecular flexibility index (Phi) is 2.48. The van der Waals surface area contributed by atoms with E-state index in [4.69, 9.17) is 0 Å². The van der Waals surface area contributed by atoms with Gasteiger partial charge in [0, 0.05) is 6.54 Å². The summed E-state index contributed by atoms with van der Waals surface area (Å²) in [6.45, 7) is 9.56. The van der Waals surface area contributed by atoms with Crippen molar-refractivity contribution in [2.75, 3.05) is 13.1 Å². The molecule has 0 aliphatic carbocycles. The Morgan fingerprint density at radius 1 is 1.42 bits per heavy atom. The second-order valence-electron chi connectivity index (χ2n) is 5.16. The molecule has 0 radical (unpaired) electrons. The van der Waals surface area contributed by atoms with Crippen LogP contribution in [0.25, 0.3) is 0 Å². The molecule has 0 amide bonds. The van der Waals surface area contributed by atoms with Crippen LogP contribution in [0.4, 0.5) is 4.39 Å². The highest BCUT2D eigenvalue weighted by atomic mass is 19.1. The lowest BCUT2D eigenvalue weighted by Gasteiger charge is -2.43. The van der Waals surface area contributed by atoms with Crippen LogP contribution in [-0.2, 0) is 0 Å². The van der Waals surface area contributed by atoms with Crippen LogP contribution in [0.3, 0.4) is 0 Å². The Morgan fingerprint density at radius 3 is 2.33 bits per heavy atom. The van der Waals surface area contributed by atoms with Gasteiger partial charge in [-0.3, -0.25) is 0 Å². The molecule has 1 rings (SSSR count). The van der Waals surface area contributed by atoms with Gasteiger partial charge < -0.3 is 5.32 Å². The summed E-state index contributed by atoms with van der Waals surface area (Å²) in [5.74, 6) is 0.186. The van der Waals surface area contributed by atoms with E-state index >= 15 is 0 Å². The third-order valence-corrected chi connectivity index (χ3v) is 2.85. The van der Waals surface area contributed by atoms with Crippen molar-refractivity contribution in [1.82, 2.24) is 5.32 Å².